The Morgan fingerprint density at radius 2 is 1.60 bits per heavy atom. The van der Waals surface area contributed by atoms with Crippen LogP contribution in [0.15, 0.2) is 98.1 Å². The van der Waals surface area contributed by atoms with Crippen LogP contribution >= 0.6 is 27.3 Å². The zero-order chi connectivity index (χ0) is 39.9. The van der Waals surface area contributed by atoms with Gasteiger partial charge in [0.05, 0.1) is 26.7 Å². The highest BCUT2D eigenvalue weighted by Crippen LogP contribution is 2.31. The Morgan fingerprint density at radius 3 is 2.42 bits per heavy atom. The molecule has 0 saturated carbocycles. The third-order valence-corrected chi connectivity index (χ3v) is 11.8. The standard InChI is InChI=1S/C44H45BrN6O5S/c1-28-22-32-37(52)25-40(56-41(32)34(45)23-28)51-20-18-50(19-21-51)39(53)16-6-4-3-5-11-17-46-43(54)30-24-36(42(47-26-30)48-35-14-9-7-12-29(35)2)49-44(55)33-27-57-38-15-10-8-13-31(33)38/h7-10,12-15,22-27H,3-6,11,16-21H2,1-2H3,(H,46,54)(H,47,48)(H,49,55). The van der Waals surface area contributed by atoms with Crippen molar-refractivity contribution in [2.75, 3.05) is 48.3 Å². The van der Waals surface area contributed by atoms with Crippen molar-refractivity contribution in [3.63, 3.8) is 0 Å². The highest BCUT2D eigenvalue weighted by atomic mass is 79.9. The molecule has 13 heteroatoms. The Kier molecular flexibility index (Phi) is 12.6. The van der Waals surface area contributed by atoms with Crippen molar-refractivity contribution < 1.29 is 18.8 Å². The van der Waals surface area contributed by atoms with Gasteiger partial charge in [-0.2, -0.15) is 0 Å². The number of hydrogen-bond acceptors (Lipinski definition) is 9. The quantitative estimate of drug-likeness (QED) is 0.0924. The average Bonchev–Trinajstić information content (AvgIpc) is 3.65. The number of piperazine rings is 1. The largest absolute Gasteiger partial charge is 0.439 e. The van der Waals surface area contributed by atoms with E-state index in [1.165, 1.54) is 17.5 Å². The van der Waals surface area contributed by atoms with E-state index >= 15 is 0 Å². The van der Waals surface area contributed by atoms with Crippen LogP contribution in [0, 0.1) is 13.8 Å². The molecule has 0 aliphatic carbocycles. The number of aryl methyl sites for hydroxylation is 2. The molecule has 1 aliphatic rings. The second kappa shape index (κ2) is 18.2. The third kappa shape index (κ3) is 9.54. The van der Waals surface area contributed by atoms with E-state index in [4.69, 9.17) is 4.42 Å². The number of pyridine rings is 1. The minimum Gasteiger partial charge on any atom is -0.439 e. The van der Waals surface area contributed by atoms with Gasteiger partial charge in [-0.15, -0.1) is 11.3 Å². The van der Waals surface area contributed by atoms with Crippen LogP contribution in [0.25, 0.3) is 21.1 Å². The Bertz CT molecular complexity index is 2490. The molecule has 1 fully saturated rings. The third-order valence-electron chi connectivity index (χ3n) is 10.2. The lowest BCUT2D eigenvalue weighted by Gasteiger charge is -2.35. The number of amides is 3. The number of benzene rings is 3. The lowest BCUT2D eigenvalue weighted by atomic mass is 10.1. The maximum atomic E-state index is 13.5. The summed E-state index contributed by atoms with van der Waals surface area (Å²) in [6.45, 7) is 6.79. The number of rotatable bonds is 14. The van der Waals surface area contributed by atoms with E-state index in [1.54, 1.807) is 12.1 Å². The van der Waals surface area contributed by atoms with Gasteiger partial charge in [-0.05, 0) is 84.1 Å². The van der Waals surface area contributed by atoms with Crippen LogP contribution in [0.2, 0.25) is 0 Å². The van der Waals surface area contributed by atoms with Gasteiger partial charge in [0, 0.05) is 72.6 Å². The molecule has 0 atom stereocenters. The van der Waals surface area contributed by atoms with Crippen LogP contribution in [-0.4, -0.2) is 60.3 Å². The highest BCUT2D eigenvalue weighted by molar-refractivity contribution is 9.10. The Balaban J connectivity index is 0.847. The second-order valence-corrected chi connectivity index (χ2v) is 16.1. The summed E-state index contributed by atoms with van der Waals surface area (Å²) in [5.41, 5.74) is 4.63. The van der Waals surface area contributed by atoms with E-state index in [9.17, 15) is 19.2 Å². The van der Waals surface area contributed by atoms with Crippen molar-refractivity contribution in [3.05, 3.63) is 121 Å². The van der Waals surface area contributed by atoms with E-state index in [-0.39, 0.29) is 23.2 Å². The van der Waals surface area contributed by atoms with Gasteiger partial charge in [-0.3, -0.25) is 19.2 Å². The Labute approximate surface area is 343 Å². The molecule has 1 saturated heterocycles. The molecule has 294 valence electrons. The van der Waals surface area contributed by atoms with Crippen LogP contribution in [0.1, 0.15) is 70.4 Å². The van der Waals surface area contributed by atoms with Gasteiger partial charge in [0.25, 0.3) is 11.8 Å². The lowest BCUT2D eigenvalue weighted by Crippen LogP contribution is -2.48. The van der Waals surface area contributed by atoms with Crippen LogP contribution in [0.3, 0.4) is 0 Å². The lowest BCUT2D eigenvalue weighted by molar-refractivity contribution is -0.131. The van der Waals surface area contributed by atoms with Crippen molar-refractivity contribution in [3.8, 4) is 0 Å². The number of carbonyl (C=O) groups excluding carboxylic acids is 3. The number of unbranched alkanes of at least 4 members (excludes halogenated alkanes) is 4. The van der Waals surface area contributed by atoms with Gasteiger partial charge in [0.1, 0.15) is 0 Å². The zero-order valence-electron chi connectivity index (χ0n) is 32.0. The predicted octanol–water partition coefficient (Wildman–Crippen LogP) is 9.20. The number of para-hydroxylation sites is 1. The SMILES string of the molecule is Cc1cc(Br)c2oc(N3CCN(C(=O)CCCCCCCNC(=O)c4cnc(Nc5ccccc5C)c(NC(=O)c5csc6ccccc56)c4)CC3)cc(=O)c2c1. The summed E-state index contributed by atoms with van der Waals surface area (Å²) < 4.78 is 7.89. The molecule has 3 N–H and O–H groups in total. The van der Waals surface area contributed by atoms with Gasteiger partial charge in [-0.1, -0.05) is 55.7 Å². The summed E-state index contributed by atoms with van der Waals surface area (Å²) in [5, 5.41) is 12.6. The first-order valence-electron chi connectivity index (χ1n) is 19.3. The van der Waals surface area contributed by atoms with E-state index in [0.717, 1.165) is 63.5 Å². The van der Waals surface area contributed by atoms with Crippen molar-refractivity contribution in [1.82, 2.24) is 15.2 Å². The van der Waals surface area contributed by atoms with Crippen molar-refractivity contribution in [2.24, 2.45) is 0 Å². The van der Waals surface area contributed by atoms with Crippen molar-refractivity contribution in [2.45, 2.75) is 52.4 Å². The fraction of sp³-hybridized carbons (Fsp3) is 0.295. The molecule has 0 radical (unpaired) electrons. The molecule has 3 aromatic heterocycles. The molecule has 7 rings (SSSR count). The summed E-state index contributed by atoms with van der Waals surface area (Å²) in [4.78, 5) is 61.0. The molecule has 1 aliphatic heterocycles. The molecule has 0 spiro atoms. The smallest absolute Gasteiger partial charge is 0.257 e. The molecular formula is C44H45BrN6O5S. The summed E-state index contributed by atoms with van der Waals surface area (Å²) in [6.07, 6.45) is 6.44. The number of aromatic nitrogens is 1. The number of fused-ring (bicyclic) bond motifs is 2. The molecule has 0 unspecified atom stereocenters. The van der Waals surface area contributed by atoms with Crippen LogP contribution in [-0.2, 0) is 4.79 Å². The maximum Gasteiger partial charge on any atom is 0.257 e. The monoisotopic (exact) mass is 848 g/mol. The Hall–Kier alpha value is -5.53. The van der Waals surface area contributed by atoms with E-state index in [0.29, 0.717) is 78.6 Å². The highest BCUT2D eigenvalue weighted by Gasteiger charge is 2.23. The first kappa shape index (κ1) is 39.7. The van der Waals surface area contributed by atoms with E-state index < -0.39 is 0 Å². The van der Waals surface area contributed by atoms with Gasteiger partial charge in [0.2, 0.25) is 5.91 Å². The topological polar surface area (TPSA) is 137 Å². The molecule has 3 aromatic carbocycles. The number of nitrogens with zero attached hydrogens (tertiary/aromatic N) is 3. The predicted molar refractivity (Wildman–Crippen MR) is 232 cm³/mol. The maximum absolute atomic E-state index is 13.5. The van der Waals surface area contributed by atoms with Crippen LogP contribution < -0.4 is 26.3 Å². The summed E-state index contributed by atoms with van der Waals surface area (Å²) in [6, 6.07) is 22.5. The van der Waals surface area contributed by atoms with Crippen molar-refractivity contribution in [1.29, 1.82) is 0 Å². The molecule has 0 bridgehead atoms. The second-order valence-electron chi connectivity index (χ2n) is 14.4. The minimum absolute atomic E-state index is 0.0778. The zero-order valence-corrected chi connectivity index (χ0v) is 34.4. The average molecular weight is 850 g/mol. The minimum atomic E-state index is -0.277. The fourth-order valence-electron chi connectivity index (χ4n) is 7.03. The Morgan fingerprint density at radius 1 is 0.842 bits per heavy atom. The van der Waals surface area contributed by atoms with E-state index in [1.807, 2.05) is 89.7 Å². The summed E-state index contributed by atoms with van der Waals surface area (Å²) >= 11 is 5.03. The number of thiophene rings is 1. The first-order chi connectivity index (χ1) is 27.6. The molecule has 57 heavy (non-hydrogen) atoms. The van der Waals surface area contributed by atoms with Gasteiger partial charge in [-0.25, -0.2) is 4.98 Å². The number of carbonyl (C=O) groups is 3. The molecular weight excluding hydrogens is 804 g/mol. The number of nitrogens with one attached hydrogen (secondary N) is 3. The van der Waals surface area contributed by atoms with Gasteiger partial charge < -0.3 is 30.2 Å². The van der Waals surface area contributed by atoms with Gasteiger partial charge in [0.15, 0.2) is 22.7 Å². The number of anilines is 4. The van der Waals surface area contributed by atoms with Crippen LogP contribution in [0.5, 0.6) is 0 Å². The van der Waals surface area contributed by atoms with Crippen LogP contribution in [0.4, 0.5) is 23.1 Å². The summed E-state index contributed by atoms with van der Waals surface area (Å²) in [5.74, 6) is 0.568. The van der Waals surface area contributed by atoms with E-state index in [2.05, 4.69) is 36.9 Å². The van der Waals surface area contributed by atoms with Crippen molar-refractivity contribution >= 4 is 89.1 Å². The van der Waals surface area contributed by atoms with Gasteiger partial charge >= 0.3 is 0 Å². The molecule has 3 amide bonds. The molecule has 6 aromatic rings. The fourth-order valence-corrected chi connectivity index (χ4v) is 8.63. The normalized spacial score (nSPS) is 12.9. The molecule has 11 nitrogen and oxygen atoms in total. The number of hydrogen-bond donors (Lipinski definition) is 3. The molecule has 4 heterocycles. The first-order valence-corrected chi connectivity index (χ1v) is 21.0. The summed E-state index contributed by atoms with van der Waals surface area (Å²) in [7, 11) is 0. The number of halogens is 1.